The molecule has 2 nitrogen and oxygen atoms in total. The van der Waals surface area contributed by atoms with E-state index >= 15 is 0 Å². The van der Waals surface area contributed by atoms with Crippen molar-refractivity contribution in [1.29, 1.82) is 0 Å². The molecular formula is C10H24N2S. The maximum Gasteiger partial charge on any atom is 0.00397 e. The topological polar surface area (TPSA) is 15.3 Å². The van der Waals surface area contributed by atoms with Gasteiger partial charge in [-0.2, -0.15) is 12.6 Å². The highest BCUT2D eigenvalue weighted by Crippen LogP contribution is 1.93. The summed E-state index contributed by atoms with van der Waals surface area (Å²) in [6.07, 6.45) is 2.59. The molecule has 1 N–H and O–H groups in total. The molecule has 0 saturated heterocycles. The van der Waals surface area contributed by atoms with Crippen molar-refractivity contribution in [2.75, 3.05) is 38.5 Å². The van der Waals surface area contributed by atoms with E-state index in [1.807, 2.05) is 0 Å². The Labute approximate surface area is 88.5 Å². The van der Waals surface area contributed by atoms with E-state index in [0.29, 0.717) is 0 Å². The smallest absolute Gasteiger partial charge is 0.00397 e. The Kier molecular flexibility index (Phi) is 10.6. The highest BCUT2D eigenvalue weighted by Gasteiger charge is 1.97. The zero-order chi connectivity index (χ0) is 9.94. The molecule has 0 aromatic rings. The lowest BCUT2D eigenvalue weighted by atomic mass is 10.3. The quantitative estimate of drug-likeness (QED) is 0.438. The molecule has 0 unspecified atom stereocenters. The largest absolute Gasteiger partial charge is 0.316 e. The SMILES string of the molecule is CCN(CC)CCCCNCCS. The molecule has 0 aliphatic rings. The van der Waals surface area contributed by atoms with Crippen LogP contribution in [0.25, 0.3) is 0 Å². The van der Waals surface area contributed by atoms with Gasteiger partial charge in [-0.15, -0.1) is 0 Å². The van der Waals surface area contributed by atoms with Crippen LogP contribution < -0.4 is 5.32 Å². The monoisotopic (exact) mass is 204 g/mol. The van der Waals surface area contributed by atoms with E-state index in [4.69, 9.17) is 0 Å². The zero-order valence-electron chi connectivity index (χ0n) is 9.05. The van der Waals surface area contributed by atoms with Crippen LogP contribution >= 0.6 is 12.6 Å². The highest BCUT2D eigenvalue weighted by molar-refractivity contribution is 7.80. The molecule has 0 saturated carbocycles. The lowest BCUT2D eigenvalue weighted by molar-refractivity contribution is 0.296. The molecule has 0 fully saturated rings. The fourth-order valence-electron chi connectivity index (χ4n) is 1.33. The molecule has 0 heterocycles. The molecule has 0 aromatic heterocycles. The number of nitrogens with one attached hydrogen (secondary N) is 1. The first-order chi connectivity index (χ1) is 6.35. The number of thiol groups is 1. The van der Waals surface area contributed by atoms with Crippen LogP contribution in [-0.2, 0) is 0 Å². The second-order valence-electron chi connectivity index (χ2n) is 3.21. The molecule has 0 atom stereocenters. The van der Waals surface area contributed by atoms with Gasteiger partial charge in [0.1, 0.15) is 0 Å². The second-order valence-corrected chi connectivity index (χ2v) is 3.65. The van der Waals surface area contributed by atoms with Crippen LogP contribution in [0.2, 0.25) is 0 Å². The van der Waals surface area contributed by atoms with Gasteiger partial charge in [-0.25, -0.2) is 0 Å². The van der Waals surface area contributed by atoms with E-state index in [1.54, 1.807) is 0 Å². The van der Waals surface area contributed by atoms with E-state index in [-0.39, 0.29) is 0 Å². The van der Waals surface area contributed by atoms with Gasteiger partial charge in [0.15, 0.2) is 0 Å². The van der Waals surface area contributed by atoms with Crippen LogP contribution in [-0.4, -0.2) is 43.4 Å². The van der Waals surface area contributed by atoms with E-state index in [2.05, 4.69) is 36.7 Å². The van der Waals surface area contributed by atoms with Crippen LogP contribution in [0, 0.1) is 0 Å². The van der Waals surface area contributed by atoms with E-state index in [1.165, 1.54) is 32.5 Å². The average Bonchev–Trinajstić information content (AvgIpc) is 2.17. The van der Waals surface area contributed by atoms with Crippen molar-refractivity contribution in [3.05, 3.63) is 0 Å². The predicted octanol–water partition coefficient (Wildman–Crippen LogP) is 1.63. The molecule has 0 aliphatic heterocycles. The molecule has 0 spiro atoms. The number of hydrogen-bond donors (Lipinski definition) is 2. The predicted molar refractivity (Wildman–Crippen MR) is 63.7 cm³/mol. The molecule has 3 heteroatoms. The van der Waals surface area contributed by atoms with Crippen LogP contribution in [0.15, 0.2) is 0 Å². The van der Waals surface area contributed by atoms with Gasteiger partial charge < -0.3 is 10.2 Å². The van der Waals surface area contributed by atoms with Crippen LogP contribution in [0.5, 0.6) is 0 Å². The van der Waals surface area contributed by atoms with Crippen molar-refractivity contribution < 1.29 is 0 Å². The summed E-state index contributed by atoms with van der Waals surface area (Å²) in [6, 6.07) is 0. The molecule has 0 amide bonds. The number of unbranched alkanes of at least 4 members (excludes halogenated alkanes) is 1. The maximum absolute atomic E-state index is 4.14. The van der Waals surface area contributed by atoms with Crippen molar-refractivity contribution in [1.82, 2.24) is 10.2 Å². The third-order valence-corrected chi connectivity index (χ3v) is 2.48. The fraction of sp³-hybridized carbons (Fsp3) is 1.00. The summed E-state index contributed by atoms with van der Waals surface area (Å²) < 4.78 is 0. The Balaban J connectivity index is 3.05. The van der Waals surface area contributed by atoms with E-state index < -0.39 is 0 Å². The Morgan fingerprint density at radius 2 is 1.77 bits per heavy atom. The van der Waals surface area contributed by atoms with Crippen molar-refractivity contribution in [2.45, 2.75) is 26.7 Å². The van der Waals surface area contributed by atoms with Gasteiger partial charge in [0.05, 0.1) is 0 Å². The van der Waals surface area contributed by atoms with E-state index in [0.717, 1.165) is 18.8 Å². The van der Waals surface area contributed by atoms with Gasteiger partial charge >= 0.3 is 0 Å². The van der Waals surface area contributed by atoms with Crippen LogP contribution in [0.1, 0.15) is 26.7 Å². The fourth-order valence-corrected chi connectivity index (χ4v) is 1.49. The highest BCUT2D eigenvalue weighted by atomic mass is 32.1. The molecular weight excluding hydrogens is 180 g/mol. The molecule has 0 bridgehead atoms. The first-order valence-electron chi connectivity index (χ1n) is 5.39. The number of hydrogen-bond acceptors (Lipinski definition) is 3. The summed E-state index contributed by atoms with van der Waals surface area (Å²) in [4.78, 5) is 2.47. The summed E-state index contributed by atoms with van der Waals surface area (Å²) in [5.41, 5.74) is 0. The Hall–Kier alpha value is 0.270. The molecule has 0 radical (unpaired) electrons. The summed E-state index contributed by atoms with van der Waals surface area (Å²) >= 11 is 4.14. The standard InChI is InChI=1S/C10H24N2S/c1-3-12(4-2)9-6-5-7-11-8-10-13/h11,13H,3-10H2,1-2H3. The molecule has 0 aliphatic carbocycles. The van der Waals surface area contributed by atoms with E-state index in [9.17, 15) is 0 Å². The van der Waals surface area contributed by atoms with Crippen LogP contribution in [0.4, 0.5) is 0 Å². The van der Waals surface area contributed by atoms with Gasteiger partial charge in [0.2, 0.25) is 0 Å². The van der Waals surface area contributed by atoms with Gasteiger partial charge in [-0.3, -0.25) is 0 Å². The molecule has 0 rings (SSSR count). The molecule has 0 aromatic carbocycles. The van der Waals surface area contributed by atoms with Crippen molar-refractivity contribution in [3.8, 4) is 0 Å². The minimum absolute atomic E-state index is 0.941. The zero-order valence-corrected chi connectivity index (χ0v) is 9.95. The number of nitrogens with zero attached hydrogens (tertiary/aromatic N) is 1. The number of rotatable bonds is 9. The van der Waals surface area contributed by atoms with Crippen molar-refractivity contribution in [2.24, 2.45) is 0 Å². The van der Waals surface area contributed by atoms with Gasteiger partial charge in [0.25, 0.3) is 0 Å². The summed E-state index contributed by atoms with van der Waals surface area (Å²) in [6.45, 7) is 10.2. The second kappa shape index (κ2) is 10.4. The van der Waals surface area contributed by atoms with Crippen molar-refractivity contribution >= 4 is 12.6 Å². The van der Waals surface area contributed by atoms with Gasteiger partial charge in [0, 0.05) is 12.3 Å². The van der Waals surface area contributed by atoms with Gasteiger partial charge in [-0.1, -0.05) is 13.8 Å². The lowest BCUT2D eigenvalue weighted by Crippen LogP contribution is -2.25. The first-order valence-corrected chi connectivity index (χ1v) is 6.02. The molecule has 13 heavy (non-hydrogen) atoms. The normalized spacial score (nSPS) is 11.1. The Morgan fingerprint density at radius 3 is 2.31 bits per heavy atom. The van der Waals surface area contributed by atoms with Crippen LogP contribution in [0.3, 0.4) is 0 Å². The summed E-state index contributed by atoms with van der Waals surface area (Å²) in [5, 5.41) is 3.35. The summed E-state index contributed by atoms with van der Waals surface area (Å²) in [5.74, 6) is 0.941. The molecule has 80 valence electrons. The Bertz CT molecular complexity index is 94.9. The minimum atomic E-state index is 0.941. The van der Waals surface area contributed by atoms with Crippen molar-refractivity contribution in [3.63, 3.8) is 0 Å². The Morgan fingerprint density at radius 1 is 1.08 bits per heavy atom. The third-order valence-electron chi connectivity index (χ3n) is 2.26. The third kappa shape index (κ3) is 8.60. The average molecular weight is 204 g/mol. The first kappa shape index (κ1) is 13.3. The lowest BCUT2D eigenvalue weighted by Gasteiger charge is -2.17. The van der Waals surface area contributed by atoms with Gasteiger partial charge in [-0.05, 0) is 39.0 Å². The summed E-state index contributed by atoms with van der Waals surface area (Å²) in [7, 11) is 0. The maximum atomic E-state index is 4.14. The minimum Gasteiger partial charge on any atom is -0.316 e.